The smallest absolute Gasteiger partial charge is 0.0529 e. The van der Waals surface area contributed by atoms with Crippen molar-refractivity contribution in [1.82, 2.24) is 0 Å². The monoisotopic (exact) mass is 379 g/mol. The highest BCUT2D eigenvalue weighted by atomic mass is 32.2. The zero-order valence-corrected chi connectivity index (χ0v) is 16.4. The van der Waals surface area contributed by atoms with Crippen molar-refractivity contribution in [2.45, 2.75) is 22.6 Å². The van der Waals surface area contributed by atoms with Gasteiger partial charge in [-0.05, 0) is 59.4 Å². The van der Waals surface area contributed by atoms with Crippen LogP contribution in [0.3, 0.4) is 0 Å². The molecular formula is C26H21NS. The molecule has 0 radical (unpaired) electrons. The second-order valence-corrected chi connectivity index (χ2v) is 8.25. The number of para-hydroxylation sites is 1. The van der Waals surface area contributed by atoms with E-state index < -0.39 is 0 Å². The number of anilines is 2. The van der Waals surface area contributed by atoms with Gasteiger partial charge >= 0.3 is 0 Å². The maximum atomic E-state index is 3.64. The third kappa shape index (κ3) is 3.56. The maximum Gasteiger partial charge on any atom is 0.0529 e. The molecule has 28 heavy (non-hydrogen) atoms. The van der Waals surface area contributed by atoms with E-state index in [0.717, 1.165) is 12.8 Å². The van der Waals surface area contributed by atoms with E-state index in [-0.39, 0.29) is 0 Å². The van der Waals surface area contributed by atoms with Crippen LogP contribution >= 0.6 is 11.8 Å². The highest BCUT2D eigenvalue weighted by Gasteiger charge is 2.18. The molecule has 1 aliphatic heterocycles. The summed E-state index contributed by atoms with van der Waals surface area (Å²) in [6.07, 6.45) is 1.91. The Balaban J connectivity index is 1.56. The van der Waals surface area contributed by atoms with E-state index >= 15 is 0 Å². The molecule has 2 heteroatoms. The minimum Gasteiger partial charge on any atom is -0.354 e. The van der Waals surface area contributed by atoms with Gasteiger partial charge in [0.25, 0.3) is 0 Å². The number of rotatable bonds is 4. The number of benzene rings is 4. The van der Waals surface area contributed by atoms with E-state index in [0.29, 0.717) is 0 Å². The van der Waals surface area contributed by atoms with Crippen molar-refractivity contribution in [3.63, 3.8) is 0 Å². The first-order chi connectivity index (χ1) is 13.8. The van der Waals surface area contributed by atoms with Crippen molar-refractivity contribution in [1.29, 1.82) is 0 Å². The zero-order valence-electron chi connectivity index (χ0n) is 15.6. The summed E-state index contributed by atoms with van der Waals surface area (Å²) < 4.78 is 0. The Morgan fingerprint density at radius 1 is 0.536 bits per heavy atom. The molecule has 4 aromatic rings. The molecule has 0 unspecified atom stereocenters. The van der Waals surface area contributed by atoms with Crippen molar-refractivity contribution in [2.75, 3.05) is 5.32 Å². The molecule has 0 bridgehead atoms. The second kappa shape index (κ2) is 7.57. The zero-order chi connectivity index (χ0) is 18.8. The lowest BCUT2D eigenvalue weighted by molar-refractivity contribution is 1.07. The molecule has 0 atom stereocenters. The van der Waals surface area contributed by atoms with Gasteiger partial charge in [0, 0.05) is 9.79 Å². The van der Waals surface area contributed by atoms with Crippen molar-refractivity contribution in [3.05, 3.63) is 119 Å². The largest absolute Gasteiger partial charge is 0.354 e. The average molecular weight is 380 g/mol. The van der Waals surface area contributed by atoms with E-state index in [9.17, 15) is 0 Å². The van der Waals surface area contributed by atoms with Gasteiger partial charge in [-0.25, -0.2) is 0 Å². The summed E-state index contributed by atoms with van der Waals surface area (Å²) in [7, 11) is 0. The Bertz CT molecular complexity index is 1010. The van der Waals surface area contributed by atoms with E-state index in [2.05, 4.69) is 102 Å². The standard InChI is InChI=1S/C26H21NS/c1-3-9-19(10-4-1)15-21-17-24-26(28-25-14-8-7-13-23(25)27-24)18-22(21)16-20-11-5-2-6-12-20/h1-14,17-18,27H,15-16H2. The molecule has 0 aromatic heterocycles. The molecule has 0 fully saturated rings. The van der Waals surface area contributed by atoms with Crippen LogP contribution in [0.2, 0.25) is 0 Å². The maximum absolute atomic E-state index is 3.64. The summed E-state index contributed by atoms with van der Waals surface area (Å²) in [6.45, 7) is 0. The van der Waals surface area contributed by atoms with Crippen molar-refractivity contribution in [3.8, 4) is 0 Å². The molecule has 0 saturated carbocycles. The molecule has 0 saturated heterocycles. The summed E-state index contributed by atoms with van der Waals surface area (Å²) >= 11 is 1.86. The van der Waals surface area contributed by atoms with Crippen LogP contribution in [0.5, 0.6) is 0 Å². The molecular weight excluding hydrogens is 358 g/mol. The van der Waals surface area contributed by atoms with Gasteiger partial charge in [0.15, 0.2) is 0 Å². The Morgan fingerprint density at radius 2 is 1.11 bits per heavy atom. The van der Waals surface area contributed by atoms with Crippen LogP contribution in [-0.2, 0) is 12.8 Å². The molecule has 0 aliphatic carbocycles. The molecule has 1 nitrogen and oxygen atoms in total. The van der Waals surface area contributed by atoms with Crippen molar-refractivity contribution in [2.24, 2.45) is 0 Å². The Labute approximate surface area is 170 Å². The topological polar surface area (TPSA) is 12.0 Å². The predicted octanol–water partition coefficient (Wildman–Crippen LogP) is 7.08. The minimum atomic E-state index is 0.949. The van der Waals surface area contributed by atoms with Gasteiger partial charge in [-0.15, -0.1) is 0 Å². The van der Waals surface area contributed by atoms with Crippen molar-refractivity contribution < 1.29 is 0 Å². The first kappa shape index (κ1) is 17.2. The summed E-state index contributed by atoms with van der Waals surface area (Å²) in [5, 5.41) is 3.64. The SMILES string of the molecule is c1ccc(Cc2cc3c(cc2Cc2ccccc2)Sc2ccccc2N3)cc1. The summed E-state index contributed by atoms with van der Waals surface area (Å²) in [5.74, 6) is 0. The molecule has 1 N–H and O–H groups in total. The van der Waals surface area contributed by atoms with Crippen LogP contribution in [0.15, 0.2) is 107 Å². The Morgan fingerprint density at radius 3 is 1.79 bits per heavy atom. The number of fused-ring (bicyclic) bond motifs is 2. The lowest BCUT2D eigenvalue weighted by atomic mass is 9.94. The summed E-state index contributed by atoms with van der Waals surface area (Å²) in [6, 6.07) is 34.8. The normalized spacial score (nSPS) is 12.0. The molecule has 0 amide bonds. The lowest BCUT2D eigenvalue weighted by Crippen LogP contribution is -2.04. The first-order valence-electron chi connectivity index (χ1n) is 9.63. The first-order valence-corrected chi connectivity index (χ1v) is 10.4. The van der Waals surface area contributed by atoms with Crippen LogP contribution in [0.25, 0.3) is 0 Å². The fourth-order valence-corrected chi connectivity index (χ4v) is 4.77. The third-order valence-electron chi connectivity index (χ3n) is 5.15. The van der Waals surface area contributed by atoms with Crippen molar-refractivity contribution >= 4 is 23.1 Å². The molecule has 1 aliphatic rings. The van der Waals surface area contributed by atoms with E-state index in [1.54, 1.807) is 0 Å². The van der Waals surface area contributed by atoms with Crippen LogP contribution < -0.4 is 5.32 Å². The van der Waals surface area contributed by atoms with Gasteiger partial charge < -0.3 is 5.32 Å². The number of hydrogen-bond acceptors (Lipinski definition) is 2. The fraction of sp³-hybridized carbons (Fsp3) is 0.0769. The van der Waals surface area contributed by atoms with Gasteiger partial charge in [-0.1, -0.05) is 84.6 Å². The van der Waals surface area contributed by atoms with Gasteiger partial charge in [-0.3, -0.25) is 0 Å². The predicted molar refractivity (Wildman–Crippen MR) is 119 cm³/mol. The fourth-order valence-electron chi connectivity index (χ4n) is 3.73. The van der Waals surface area contributed by atoms with Gasteiger partial charge in [0.2, 0.25) is 0 Å². The quantitative estimate of drug-likeness (QED) is 0.358. The van der Waals surface area contributed by atoms with E-state index in [4.69, 9.17) is 0 Å². The van der Waals surface area contributed by atoms with Gasteiger partial charge in [0.05, 0.1) is 11.4 Å². The molecule has 5 rings (SSSR count). The van der Waals surface area contributed by atoms with Gasteiger partial charge in [0.1, 0.15) is 0 Å². The molecule has 136 valence electrons. The third-order valence-corrected chi connectivity index (χ3v) is 6.29. The van der Waals surface area contributed by atoms with Gasteiger partial charge in [-0.2, -0.15) is 0 Å². The van der Waals surface area contributed by atoms with E-state index in [1.807, 2.05) is 11.8 Å². The highest BCUT2D eigenvalue weighted by molar-refractivity contribution is 7.99. The number of hydrogen-bond donors (Lipinski definition) is 1. The minimum absolute atomic E-state index is 0.949. The summed E-state index contributed by atoms with van der Waals surface area (Å²) in [4.78, 5) is 2.60. The molecule has 1 heterocycles. The van der Waals surface area contributed by atoms with Crippen LogP contribution in [0.4, 0.5) is 11.4 Å². The molecule has 4 aromatic carbocycles. The Kier molecular flexibility index (Phi) is 4.64. The van der Waals surface area contributed by atoms with E-state index in [1.165, 1.54) is 43.4 Å². The highest BCUT2D eigenvalue weighted by Crippen LogP contribution is 2.45. The van der Waals surface area contributed by atoms with Crippen LogP contribution in [0, 0.1) is 0 Å². The second-order valence-electron chi connectivity index (χ2n) is 7.17. The number of nitrogens with one attached hydrogen (secondary N) is 1. The van der Waals surface area contributed by atoms with Crippen LogP contribution in [-0.4, -0.2) is 0 Å². The Hall–Kier alpha value is -2.97. The average Bonchev–Trinajstić information content (AvgIpc) is 2.74. The lowest BCUT2D eigenvalue weighted by Gasteiger charge is -2.23. The summed E-state index contributed by atoms with van der Waals surface area (Å²) in [5.41, 5.74) is 7.91. The molecule has 0 spiro atoms. The van der Waals surface area contributed by atoms with Crippen LogP contribution in [0.1, 0.15) is 22.3 Å².